The van der Waals surface area contributed by atoms with Crippen molar-refractivity contribution in [1.29, 1.82) is 0 Å². The minimum atomic E-state index is -0.990. The van der Waals surface area contributed by atoms with Crippen LogP contribution >= 0.6 is 0 Å². The van der Waals surface area contributed by atoms with E-state index in [0.717, 1.165) is 16.7 Å². The molecule has 210 valence electrons. The van der Waals surface area contributed by atoms with Gasteiger partial charge in [0.25, 0.3) is 5.91 Å². The van der Waals surface area contributed by atoms with Gasteiger partial charge in [-0.05, 0) is 41.0 Å². The third-order valence-corrected chi connectivity index (χ3v) is 6.20. The maximum Gasteiger partial charge on any atom is 0.328 e. The van der Waals surface area contributed by atoms with Gasteiger partial charge in [-0.15, -0.1) is 0 Å². The standard InChI is InChI=1S/C33H32N2O6/c1-23(36)34-28-16-10-9-15-27(28)32(37)35-29(33(38)39-2)19-26-17-18-30(40-21-24-11-5-3-6-12-24)31(20-26)41-22-25-13-7-4-8-14-25/h3-18,20,29H,19,21-22H2,1-2H3,(H,34,36)(H,35,37)/t29-/m0/s1. The van der Waals surface area contributed by atoms with Crippen LogP contribution in [0.1, 0.15) is 34.0 Å². The second kappa shape index (κ2) is 14.3. The summed E-state index contributed by atoms with van der Waals surface area (Å²) in [6.07, 6.45) is 0.140. The number of ether oxygens (including phenoxy) is 3. The van der Waals surface area contributed by atoms with Crippen LogP contribution in [0.15, 0.2) is 103 Å². The summed E-state index contributed by atoms with van der Waals surface area (Å²) < 4.78 is 17.2. The molecule has 2 amide bonds. The van der Waals surface area contributed by atoms with Gasteiger partial charge in [0.15, 0.2) is 11.5 Å². The lowest BCUT2D eigenvalue weighted by Crippen LogP contribution is -2.43. The van der Waals surface area contributed by atoms with Gasteiger partial charge in [-0.1, -0.05) is 78.9 Å². The Hall–Kier alpha value is -5.11. The molecule has 0 saturated carbocycles. The van der Waals surface area contributed by atoms with Crippen molar-refractivity contribution in [2.24, 2.45) is 0 Å². The van der Waals surface area contributed by atoms with Crippen LogP contribution in [0.5, 0.6) is 11.5 Å². The van der Waals surface area contributed by atoms with Crippen LogP contribution in [0.25, 0.3) is 0 Å². The molecule has 0 heterocycles. The molecule has 0 fully saturated rings. The van der Waals surface area contributed by atoms with Gasteiger partial charge in [-0.25, -0.2) is 4.79 Å². The first kappa shape index (κ1) is 28.9. The Morgan fingerprint density at radius 1 is 0.707 bits per heavy atom. The molecule has 0 aliphatic heterocycles. The van der Waals surface area contributed by atoms with Crippen molar-refractivity contribution in [2.45, 2.75) is 32.6 Å². The van der Waals surface area contributed by atoms with Crippen LogP contribution in [0.4, 0.5) is 5.69 Å². The van der Waals surface area contributed by atoms with Gasteiger partial charge < -0.3 is 24.8 Å². The topological polar surface area (TPSA) is 103 Å². The molecule has 4 rings (SSSR count). The van der Waals surface area contributed by atoms with Crippen LogP contribution in [0.2, 0.25) is 0 Å². The molecule has 2 N–H and O–H groups in total. The van der Waals surface area contributed by atoms with E-state index in [2.05, 4.69) is 10.6 Å². The zero-order chi connectivity index (χ0) is 29.0. The van der Waals surface area contributed by atoms with Crippen molar-refractivity contribution in [3.63, 3.8) is 0 Å². The Morgan fingerprint density at radius 2 is 1.29 bits per heavy atom. The molecule has 0 spiro atoms. The number of hydrogen-bond donors (Lipinski definition) is 2. The van der Waals surface area contributed by atoms with Crippen LogP contribution in [-0.4, -0.2) is 30.9 Å². The van der Waals surface area contributed by atoms with E-state index in [0.29, 0.717) is 30.4 Å². The predicted octanol–water partition coefficient (Wildman–Crippen LogP) is 5.32. The van der Waals surface area contributed by atoms with Gasteiger partial charge in [0.2, 0.25) is 5.91 Å². The molecule has 8 heteroatoms. The van der Waals surface area contributed by atoms with Crippen molar-refractivity contribution < 1.29 is 28.6 Å². The number of carbonyl (C=O) groups excluding carboxylic acids is 3. The number of hydrogen-bond acceptors (Lipinski definition) is 6. The number of nitrogens with one attached hydrogen (secondary N) is 2. The second-order valence-corrected chi connectivity index (χ2v) is 9.31. The molecular formula is C33H32N2O6. The van der Waals surface area contributed by atoms with E-state index in [4.69, 9.17) is 14.2 Å². The highest BCUT2D eigenvalue weighted by Crippen LogP contribution is 2.31. The third-order valence-electron chi connectivity index (χ3n) is 6.20. The highest BCUT2D eigenvalue weighted by Gasteiger charge is 2.24. The molecule has 8 nitrogen and oxygen atoms in total. The van der Waals surface area contributed by atoms with Gasteiger partial charge in [0.05, 0.1) is 18.4 Å². The maximum absolute atomic E-state index is 13.2. The predicted molar refractivity (Wildman–Crippen MR) is 156 cm³/mol. The van der Waals surface area contributed by atoms with E-state index in [1.807, 2.05) is 66.7 Å². The molecule has 0 aliphatic rings. The SMILES string of the molecule is COC(=O)[C@H](Cc1ccc(OCc2ccccc2)c(OCc2ccccc2)c1)NC(=O)c1ccccc1NC(C)=O. The van der Waals surface area contributed by atoms with Gasteiger partial charge in [-0.2, -0.15) is 0 Å². The molecule has 0 unspecified atom stereocenters. The van der Waals surface area contributed by atoms with Crippen molar-refractivity contribution in [2.75, 3.05) is 12.4 Å². The number of para-hydroxylation sites is 1. The first-order valence-corrected chi connectivity index (χ1v) is 13.1. The molecule has 0 aliphatic carbocycles. The highest BCUT2D eigenvalue weighted by molar-refractivity contribution is 6.04. The van der Waals surface area contributed by atoms with Crippen molar-refractivity contribution >= 4 is 23.5 Å². The summed E-state index contributed by atoms with van der Waals surface area (Å²) in [5.41, 5.74) is 3.31. The average Bonchev–Trinajstić information content (AvgIpc) is 2.99. The number of anilines is 1. The smallest absolute Gasteiger partial charge is 0.328 e. The third kappa shape index (κ3) is 8.44. The van der Waals surface area contributed by atoms with E-state index in [1.54, 1.807) is 36.4 Å². The fourth-order valence-electron chi connectivity index (χ4n) is 4.17. The lowest BCUT2D eigenvalue weighted by molar-refractivity contribution is -0.142. The van der Waals surface area contributed by atoms with Crippen LogP contribution in [0.3, 0.4) is 0 Å². The van der Waals surface area contributed by atoms with E-state index in [1.165, 1.54) is 14.0 Å². The lowest BCUT2D eigenvalue weighted by Gasteiger charge is -2.19. The van der Waals surface area contributed by atoms with E-state index in [9.17, 15) is 14.4 Å². The first-order valence-electron chi connectivity index (χ1n) is 13.1. The van der Waals surface area contributed by atoms with E-state index >= 15 is 0 Å². The van der Waals surface area contributed by atoms with Gasteiger partial charge in [-0.3, -0.25) is 9.59 Å². The molecule has 0 saturated heterocycles. The summed E-state index contributed by atoms with van der Waals surface area (Å²) in [4.78, 5) is 37.5. The molecular weight excluding hydrogens is 520 g/mol. The number of carbonyl (C=O) groups is 3. The minimum Gasteiger partial charge on any atom is -0.485 e. The molecule has 41 heavy (non-hydrogen) atoms. The number of esters is 1. The summed E-state index contributed by atoms with van der Waals surface area (Å²) in [5.74, 6) is -0.378. The molecule has 1 atom stereocenters. The number of amides is 2. The maximum atomic E-state index is 13.2. The second-order valence-electron chi connectivity index (χ2n) is 9.31. The number of benzene rings is 4. The Kier molecular flexibility index (Phi) is 10.1. The minimum absolute atomic E-state index is 0.140. The summed E-state index contributed by atoms with van der Waals surface area (Å²) in [6.45, 7) is 2.04. The van der Waals surface area contributed by atoms with Crippen LogP contribution in [-0.2, 0) is 34.0 Å². The zero-order valence-electron chi connectivity index (χ0n) is 23.0. The molecule has 4 aromatic carbocycles. The fourth-order valence-corrected chi connectivity index (χ4v) is 4.17. The highest BCUT2D eigenvalue weighted by atomic mass is 16.5. The van der Waals surface area contributed by atoms with Gasteiger partial charge in [0.1, 0.15) is 19.3 Å². The Bertz CT molecular complexity index is 1470. The van der Waals surface area contributed by atoms with Gasteiger partial charge in [0, 0.05) is 13.3 Å². The largest absolute Gasteiger partial charge is 0.485 e. The van der Waals surface area contributed by atoms with Gasteiger partial charge >= 0.3 is 5.97 Å². The number of methoxy groups -OCH3 is 1. The van der Waals surface area contributed by atoms with Crippen molar-refractivity contribution in [3.05, 3.63) is 125 Å². The van der Waals surface area contributed by atoms with Crippen molar-refractivity contribution in [3.8, 4) is 11.5 Å². The summed E-state index contributed by atoms with van der Waals surface area (Å²) in [6, 6.07) is 30.6. The quantitative estimate of drug-likeness (QED) is 0.231. The zero-order valence-corrected chi connectivity index (χ0v) is 23.0. The van der Waals surface area contributed by atoms with Crippen LogP contribution in [0, 0.1) is 0 Å². The molecule has 0 radical (unpaired) electrons. The first-order chi connectivity index (χ1) is 19.9. The average molecular weight is 553 g/mol. The normalized spacial score (nSPS) is 11.2. The van der Waals surface area contributed by atoms with E-state index in [-0.39, 0.29) is 17.9 Å². The van der Waals surface area contributed by atoms with Crippen LogP contribution < -0.4 is 20.1 Å². The number of rotatable bonds is 12. The summed E-state index contributed by atoms with van der Waals surface area (Å²) in [7, 11) is 1.27. The van der Waals surface area contributed by atoms with E-state index < -0.39 is 17.9 Å². The molecule has 0 aromatic heterocycles. The molecule has 0 bridgehead atoms. The lowest BCUT2D eigenvalue weighted by atomic mass is 10.0. The van der Waals surface area contributed by atoms with Crippen molar-refractivity contribution in [1.82, 2.24) is 5.32 Å². The Labute approximate surface area is 239 Å². The molecule has 4 aromatic rings. The monoisotopic (exact) mass is 552 g/mol. The fraction of sp³-hybridized carbons (Fsp3) is 0.182. The Morgan fingerprint density at radius 3 is 1.90 bits per heavy atom. The summed E-state index contributed by atoms with van der Waals surface area (Å²) >= 11 is 0. The summed E-state index contributed by atoms with van der Waals surface area (Å²) in [5, 5.41) is 5.39. The Balaban J connectivity index is 1.55.